The molecule has 2 amide bonds. The Morgan fingerprint density at radius 1 is 1.21 bits per heavy atom. The molecule has 5 nitrogen and oxygen atoms in total. The molecule has 0 spiro atoms. The van der Waals surface area contributed by atoms with Crippen molar-refractivity contribution in [3.63, 3.8) is 0 Å². The number of hydrogen-bond acceptors (Lipinski definition) is 3. The van der Waals surface area contributed by atoms with Crippen LogP contribution in [0.15, 0.2) is 30.3 Å². The number of nitrogens with zero attached hydrogens (tertiary/aromatic N) is 1. The predicted molar refractivity (Wildman–Crippen MR) is 95.8 cm³/mol. The lowest BCUT2D eigenvalue weighted by Crippen LogP contribution is -2.49. The number of benzene rings is 1. The van der Waals surface area contributed by atoms with Gasteiger partial charge >= 0.3 is 0 Å². The lowest BCUT2D eigenvalue weighted by atomic mass is 10.1. The van der Waals surface area contributed by atoms with Gasteiger partial charge in [-0.2, -0.15) is 0 Å². The van der Waals surface area contributed by atoms with Crippen molar-refractivity contribution in [2.45, 2.75) is 44.2 Å². The molecule has 1 aromatic carbocycles. The number of rotatable bonds is 6. The van der Waals surface area contributed by atoms with E-state index in [1.807, 2.05) is 30.3 Å². The van der Waals surface area contributed by atoms with Crippen molar-refractivity contribution in [1.82, 2.24) is 10.2 Å². The second-order valence-electron chi connectivity index (χ2n) is 6.65. The van der Waals surface area contributed by atoms with E-state index in [1.54, 1.807) is 4.90 Å². The van der Waals surface area contributed by atoms with Crippen LogP contribution in [0.25, 0.3) is 0 Å². The van der Waals surface area contributed by atoms with Crippen LogP contribution >= 0.6 is 12.4 Å². The molecule has 0 aromatic heterocycles. The first-order chi connectivity index (χ1) is 11.1. The van der Waals surface area contributed by atoms with Crippen LogP contribution in [0.1, 0.15) is 31.2 Å². The molecule has 0 bridgehead atoms. The van der Waals surface area contributed by atoms with Gasteiger partial charge in [-0.25, -0.2) is 0 Å². The van der Waals surface area contributed by atoms with Crippen LogP contribution in [-0.4, -0.2) is 41.9 Å². The summed E-state index contributed by atoms with van der Waals surface area (Å²) in [6, 6.07) is 9.39. The van der Waals surface area contributed by atoms with Crippen molar-refractivity contribution in [3.05, 3.63) is 35.9 Å². The van der Waals surface area contributed by atoms with E-state index in [0.717, 1.165) is 18.4 Å². The number of hydrogen-bond donors (Lipinski definition) is 2. The van der Waals surface area contributed by atoms with Gasteiger partial charge in [0.05, 0.1) is 6.42 Å². The van der Waals surface area contributed by atoms with E-state index in [4.69, 9.17) is 5.73 Å². The molecular weight excluding hydrogens is 326 g/mol. The summed E-state index contributed by atoms with van der Waals surface area (Å²) in [6.45, 7) is 1.18. The van der Waals surface area contributed by atoms with Gasteiger partial charge in [-0.3, -0.25) is 9.59 Å². The van der Waals surface area contributed by atoms with Crippen LogP contribution in [0.4, 0.5) is 0 Å². The molecule has 24 heavy (non-hydrogen) atoms. The lowest BCUT2D eigenvalue weighted by molar-refractivity contribution is -0.138. The summed E-state index contributed by atoms with van der Waals surface area (Å²) in [6.07, 6.45) is 4.31. The normalized spacial score (nSPS) is 21.0. The monoisotopic (exact) mass is 351 g/mol. The molecule has 3 N–H and O–H groups in total. The van der Waals surface area contributed by atoms with Gasteiger partial charge in [0, 0.05) is 19.1 Å². The lowest BCUT2D eigenvalue weighted by Gasteiger charge is -2.24. The molecule has 1 aliphatic carbocycles. The molecule has 1 aliphatic heterocycles. The highest BCUT2D eigenvalue weighted by Gasteiger charge is 2.35. The first-order valence-electron chi connectivity index (χ1n) is 8.52. The Kier molecular flexibility index (Phi) is 6.63. The van der Waals surface area contributed by atoms with Gasteiger partial charge in [0.25, 0.3) is 0 Å². The van der Waals surface area contributed by atoms with Crippen LogP contribution in [0, 0.1) is 5.92 Å². The first-order valence-corrected chi connectivity index (χ1v) is 8.52. The largest absolute Gasteiger partial charge is 0.353 e. The quantitative estimate of drug-likeness (QED) is 0.815. The summed E-state index contributed by atoms with van der Waals surface area (Å²) in [5, 5.41) is 2.94. The van der Waals surface area contributed by atoms with Crippen LogP contribution in [0.5, 0.6) is 0 Å². The Morgan fingerprint density at radius 2 is 1.92 bits per heavy atom. The average Bonchev–Trinajstić information content (AvgIpc) is 3.29. The van der Waals surface area contributed by atoms with Crippen LogP contribution < -0.4 is 11.1 Å². The Labute approximate surface area is 149 Å². The number of nitrogens with two attached hydrogens (primary N) is 1. The van der Waals surface area contributed by atoms with E-state index in [9.17, 15) is 9.59 Å². The highest BCUT2D eigenvalue weighted by atomic mass is 35.5. The van der Waals surface area contributed by atoms with Gasteiger partial charge < -0.3 is 16.0 Å². The zero-order valence-electron chi connectivity index (χ0n) is 13.8. The molecule has 1 aromatic rings. The average molecular weight is 352 g/mol. The molecule has 1 heterocycles. The molecule has 6 heteroatoms. The number of carbonyl (C=O) groups is 2. The summed E-state index contributed by atoms with van der Waals surface area (Å²) >= 11 is 0. The van der Waals surface area contributed by atoms with E-state index in [1.165, 1.54) is 12.8 Å². The van der Waals surface area contributed by atoms with Gasteiger partial charge in [0.1, 0.15) is 6.04 Å². The Bertz CT molecular complexity index is 563. The highest BCUT2D eigenvalue weighted by Crippen LogP contribution is 2.31. The summed E-state index contributed by atoms with van der Waals surface area (Å²) in [5.74, 6) is 0.537. The van der Waals surface area contributed by atoms with Gasteiger partial charge in [-0.1, -0.05) is 30.3 Å². The third-order valence-corrected chi connectivity index (χ3v) is 4.81. The number of halogens is 1. The molecule has 3 rings (SSSR count). The fourth-order valence-corrected chi connectivity index (χ4v) is 3.24. The van der Waals surface area contributed by atoms with Crippen molar-refractivity contribution in [1.29, 1.82) is 0 Å². The van der Waals surface area contributed by atoms with Gasteiger partial charge in [-0.05, 0) is 37.2 Å². The number of amides is 2. The zero-order chi connectivity index (χ0) is 16.2. The van der Waals surface area contributed by atoms with E-state index in [0.29, 0.717) is 25.4 Å². The number of likely N-dealkylation sites (tertiary alicyclic amines) is 1. The van der Waals surface area contributed by atoms with E-state index < -0.39 is 0 Å². The van der Waals surface area contributed by atoms with Crippen molar-refractivity contribution < 1.29 is 9.59 Å². The number of carbonyl (C=O) groups excluding carboxylic acids is 2. The summed E-state index contributed by atoms with van der Waals surface area (Å²) < 4.78 is 0. The minimum Gasteiger partial charge on any atom is -0.353 e. The topological polar surface area (TPSA) is 75.4 Å². The van der Waals surface area contributed by atoms with Crippen LogP contribution in [0.2, 0.25) is 0 Å². The summed E-state index contributed by atoms with van der Waals surface area (Å²) in [5.41, 5.74) is 7.01. The fourth-order valence-electron chi connectivity index (χ4n) is 3.24. The highest BCUT2D eigenvalue weighted by molar-refractivity contribution is 5.89. The van der Waals surface area contributed by atoms with E-state index >= 15 is 0 Å². The minimum absolute atomic E-state index is 0. The zero-order valence-corrected chi connectivity index (χ0v) is 14.6. The molecular formula is C18H26ClN3O2. The van der Waals surface area contributed by atoms with Gasteiger partial charge in [0.15, 0.2) is 0 Å². The van der Waals surface area contributed by atoms with Crippen molar-refractivity contribution in [2.75, 3.05) is 13.1 Å². The number of nitrogens with one attached hydrogen (secondary N) is 1. The third kappa shape index (κ3) is 4.71. The van der Waals surface area contributed by atoms with E-state index in [2.05, 4.69) is 5.32 Å². The Hall–Kier alpha value is -1.59. The van der Waals surface area contributed by atoms with Crippen molar-refractivity contribution in [2.24, 2.45) is 11.7 Å². The fraction of sp³-hybridized carbons (Fsp3) is 0.556. The molecule has 1 saturated heterocycles. The molecule has 2 fully saturated rings. The second kappa shape index (κ2) is 8.49. The van der Waals surface area contributed by atoms with Crippen LogP contribution in [-0.2, 0) is 16.0 Å². The van der Waals surface area contributed by atoms with Crippen molar-refractivity contribution >= 4 is 24.2 Å². The molecule has 2 atom stereocenters. The maximum absolute atomic E-state index is 12.5. The molecule has 0 radical (unpaired) electrons. The second-order valence-corrected chi connectivity index (χ2v) is 6.65. The SMILES string of the molecule is Cl.NC(CNC(=O)C1CCCN1C(=O)Cc1ccccc1)C1CC1. The molecule has 132 valence electrons. The van der Waals surface area contributed by atoms with Crippen molar-refractivity contribution in [3.8, 4) is 0 Å². The molecule has 2 unspecified atom stereocenters. The maximum Gasteiger partial charge on any atom is 0.242 e. The Morgan fingerprint density at radius 3 is 2.58 bits per heavy atom. The summed E-state index contributed by atoms with van der Waals surface area (Å²) in [4.78, 5) is 26.6. The first kappa shape index (κ1) is 18.7. The smallest absolute Gasteiger partial charge is 0.242 e. The molecule has 2 aliphatic rings. The van der Waals surface area contributed by atoms with Gasteiger partial charge in [0.2, 0.25) is 11.8 Å². The summed E-state index contributed by atoms with van der Waals surface area (Å²) in [7, 11) is 0. The maximum atomic E-state index is 12.5. The van der Waals surface area contributed by atoms with Gasteiger partial charge in [-0.15, -0.1) is 12.4 Å². The third-order valence-electron chi connectivity index (χ3n) is 4.81. The van der Waals surface area contributed by atoms with E-state index in [-0.39, 0.29) is 36.3 Å². The predicted octanol–water partition coefficient (Wildman–Crippen LogP) is 1.50. The molecule has 1 saturated carbocycles. The minimum atomic E-state index is -0.336. The Balaban J connectivity index is 0.00000208. The van der Waals surface area contributed by atoms with Crippen LogP contribution in [0.3, 0.4) is 0 Å². The standard InChI is InChI=1S/C18H25N3O2.ClH/c19-15(14-8-9-14)12-20-18(23)16-7-4-10-21(16)17(22)11-13-5-2-1-3-6-13;/h1-3,5-6,14-16H,4,7-12,19H2,(H,20,23);1H.